The second-order valence-electron chi connectivity index (χ2n) is 6.34. The maximum atomic E-state index is 13.0. The fourth-order valence-electron chi connectivity index (χ4n) is 3.09. The Bertz CT molecular complexity index is 1300. The third-order valence-electron chi connectivity index (χ3n) is 4.56. The molecule has 3 aromatic heterocycles. The molecule has 0 radical (unpaired) electrons. The molecule has 6 nitrogen and oxygen atoms in total. The van der Waals surface area contributed by atoms with E-state index >= 15 is 0 Å². The Labute approximate surface area is 175 Å². The van der Waals surface area contributed by atoms with Crippen LogP contribution in [0.5, 0.6) is 0 Å². The second-order valence-corrected chi connectivity index (χ2v) is 7.12. The number of hydrogen-bond acceptors (Lipinski definition) is 4. The Morgan fingerprint density at radius 1 is 1.07 bits per heavy atom. The summed E-state index contributed by atoms with van der Waals surface area (Å²) in [5.41, 5.74) is 1.87. The summed E-state index contributed by atoms with van der Waals surface area (Å²) in [6.07, 6.45) is 6.31. The first kappa shape index (κ1) is 19.1. The molecule has 0 saturated heterocycles. The number of carbonyl (C=O) groups is 1. The van der Waals surface area contributed by atoms with Gasteiger partial charge >= 0.3 is 0 Å². The molecule has 0 unspecified atom stereocenters. The van der Waals surface area contributed by atoms with Crippen LogP contribution in [0.4, 0.5) is 5.69 Å². The molecule has 0 aliphatic heterocycles. The van der Waals surface area contributed by atoms with Crippen LogP contribution in [0.1, 0.15) is 10.4 Å². The number of aryl methyl sites for hydroxylation is 1. The van der Waals surface area contributed by atoms with Gasteiger partial charge in [0.2, 0.25) is 0 Å². The summed E-state index contributed by atoms with van der Waals surface area (Å²) in [5, 5.41) is 3.99. The van der Waals surface area contributed by atoms with Crippen LogP contribution in [0.15, 0.2) is 66.0 Å². The summed E-state index contributed by atoms with van der Waals surface area (Å²) in [5.74, 6) is -0.371. The highest BCUT2D eigenvalue weighted by Crippen LogP contribution is 2.39. The van der Waals surface area contributed by atoms with Gasteiger partial charge in [-0.3, -0.25) is 19.6 Å². The predicted molar refractivity (Wildman–Crippen MR) is 115 cm³/mol. The standard InChI is InChI=1S/C21H14Cl2N4O2/c1-27-17-6-8-25-11-13(17)9-14(21(27)29)18-15(22)4-5-16(19(18)23)26-20(28)12-3-2-7-24-10-12/h2-11H,1H3,(H,26,28). The van der Waals surface area contributed by atoms with E-state index in [1.165, 1.54) is 10.8 Å². The van der Waals surface area contributed by atoms with Gasteiger partial charge in [-0.2, -0.15) is 0 Å². The van der Waals surface area contributed by atoms with Crippen LogP contribution < -0.4 is 10.9 Å². The average molecular weight is 425 g/mol. The fourth-order valence-corrected chi connectivity index (χ4v) is 3.71. The minimum atomic E-state index is -0.371. The molecule has 4 aromatic rings. The van der Waals surface area contributed by atoms with Crippen LogP contribution in [0.3, 0.4) is 0 Å². The van der Waals surface area contributed by atoms with Gasteiger partial charge < -0.3 is 9.88 Å². The highest BCUT2D eigenvalue weighted by Gasteiger charge is 2.19. The summed E-state index contributed by atoms with van der Waals surface area (Å²) in [6.45, 7) is 0. The van der Waals surface area contributed by atoms with E-state index in [9.17, 15) is 9.59 Å². The summed E-state index contributed by atoms with van der Waals surface area (Å²) in [6, 6.07) is 9.94. The third-order valence-corrected chi connectivity index (χ3v) is 5.26. The van der Waals surface area contributed by atoms with Crippen molar-refractivity contribution >= 4 is 45.7 Å². The van der Waals surface area contributed by atoms with E-state index in [0.717, 1.165) is 10.9 Å². The highest BCUT2D eigenvalue weighted by molar-refractivity contribution is 6.41. The summed E-state index contributed by atoms with van der Waals surface area (Å²) in [7, 11) is 1.67. The van der Waals surface area contributed by atoms with E-state index in [0.29, 0.717) is 27.4 Å². The van der Waals surface area contributed by atoms with Crippen LogP contribution in [0.2, 0.25) is 10.0 Å². The minimum absolute atomic E-state index is 0.176. The number of halogens is 2. The Morgan fingerprint density at radius 2 is 1.86 bits per heavy atom. The number of nitrogens with one attached hydrogen (secondary N) is 1. The average Bonchev–Trinajstić information content (AvgIpc) is 2.74. The van der Waals surface area contributed by atoms with Crippen molar-refractivity contribution in [3.05, 3.63) is 87.1 Å². The normalized spacial score (nSPS) is 10.9. The smallest absolute Gasteiger partial charge is 0.258 e. The number of pyridine rings is 3. The zero-order valence-electron chi connectivity index (χ0n) is 15.2. The molecule has 0 bridgehead atoms. The van der Waals surface area contributed by atoms with Crippen molar-refractivity contribution in [2.45, 2.75) is 0 Å². The van der Waals surface area contributed by atoms with Crippen molar-refractivity contribution in [2.24, 2.45) is 7.05 Å². The first-order valence-corrected chi connectivity index (χ1v) is 9.36. The number of fused-ring (bicyclic) bond motifs is 1. The molecule has 4 rings (SSSR count). The Hall–Kier alpha value is -3.22. The number of carbonyl (C=O) groups excluding carboxylic acids is 1. The molecule has 0 aliphatic rings. The zero-order chi connectivity index (χ0) is 20.5. The molecule has 1 amide bonds. The lowest BCUT2D eigenvalue weighted by molar-refractivity contribution is 0.102. The van der Waals surface area contributed by atoms with Gasteiger partial charge in [0.05, 0.1) is 32.4 Å². The van der Waals surface area contributed by atoms with Crippen LogP contribution >= 0.6 is 23.2 Å². The summed E-state index contributed by atoms with van der Waals surface area (Å²) < 4.78 is 1.51. The zero-order valence-corrected chi connectivity index (χ0v) is 16.7. The lowest BCUT2D eigenvalue weighted by atomic mass is 10.0. The van der Waals surface area contributed by atoms with Gasteiger partial charge in [-0.1, -0.05) is 23.2 Å². The van der Waals surface area contributed by atoms with Crippen LogP contribution in [0, 0.1) is 0 Å². The van der Waals surface area contributed by atoms with Crippen molar-refractivity contribution in [1.29, 1.82) is 0 Å². The molecule has 0 fully saturated rings. The first-order chi connectivity index (χ1) is 14.0. The number of aromatic nitrogens is 3. The Morgan fingerprint density at radius 3 is 2.62 bits per heavy atom. The van der Waals surface area contributed by atoms with Crippen molar-refractivity contribution < 1.29 is 4.79 Å². The van der Waals surface area contributed by atoms with Crippen molar-refractivity contribution in [2.75, 3.05) is 5.32 Å². The molecule has 1 aromatic carbocycles. The Kier molecular flexibility index (Phi) is 5.05. The van der Waals surface area contributed by atoms with Crippen molar-refractivity contribution in [1.82, 2.24) is 14.5 Å². The predicted octanol–water partition coefficient (Wildman–Crippen LogP) is 4.55. The molecular formula is C21H14Cl2N4O2. The number of hydrogen-bond donors (Lipinski definition) is 1. The van der Waals surface area contributed by atoms with E-state index in [1.54, 1.807) is 62.0 Å². The molecule has 0 aliphatic carbocycles. The van der Waals surface area contributed by atoms with Gasteiger partial charge in [0.1, 0.15) is 0 Å². The van der Waals surface area contributed by atoms with Gasteiger partial charge in [-0.05, 0) is 36.4 Å². The molecule has 8 heteroatoms. The van der Waals surface area contributed by atoms with Gasteiger partial charge in [0.25, 0.3) is 11.5 Å². The molecular weight excluding hydrogens is 411 g/mol. The minimum Gasteiger partial charge on any atom is -0.321 e. The quantitative estimate of drug-likeness (QED) is 0.522. The van der Waals surface area contributed by atoms with Gasteiger partial charge in [0, 0.05) is 42.8 Å². The third kappa shape index (κ3) is 3.48. The molecule has 0 saturated carbocycles. The lowest BCUT2D eigenvalue weighted by Gasteiger charge is -2.14. The summed E-state index contributed by atoms with van der Waals surface area (Å²) in [4.78, 5) is 33.5. The molecule has 3 heterocycles. The van der Waals surface area contributed by atoms with Crippen molar-refractivity contribution in [3.63, 3.8) is 0 Å². The van der Waals surface area contributed by atoms with Crippen LogP contribution in [0.25, 0.3) is 22.0 Å². The lowest BCUT2D eigenvalue weighted by Crippen LogP contribution is -2.19. The maximum absolute atomic E-state index is 13.0. The van der Waals surface area contributed by atoms with Crippen LogP contribution in [-0.4, -0.2) is 20.4 Å². The topological polar surface area (TPSA) is 76.9 Å². The van der Waals surface area contributed by atoms with Crippen molar-refractivity contribution in [3.8, 4) is 11.1 Å². The van der Waals surface area contributed by atoms with Gasteiger partial charge in [-0.25, -0.2) is 0 Å². The monoisotopic (exact) mass is 424 g/mol. The summed E-state index contributed by atoms with van der Waals surface area (Å²) >= 11 is 13.0. The van der Waals surface area contributed by atoms with E-state index in [4.69, 9.17) is 23.2 Å². The molecule has 29 heavy (non-hydrogen) atoms. The van der Waals surface area contributed by atoms with Gasteiger partial charge in [0.15, 0.2) is 0 Å². The molecule has 0 spiro atoms. The molecule has 1 N–H and O–H groups in total. The highest BCUT2D eigenvalue weighted by atomic mass is 35.5. The fraction of sp³-hybridized carbons (Fsp3) is 0.0476. The SMILES string of the molecule is Cn1c(=O)c(-c2c(Cl)ccc(NC(=O)c3cccnc3)c2Cl)cc2cnccc21. The largest absolute Gasteiger partial charge is 0.321 e. The number of rotatable bonds is 3. The van der Waals surface area contributed by atoms with E-state index in [1.807, 2.05) is 0 Å². The number of anilines is 1. The first-order valence-electron chi connectivity index (χ1n) is 8.61. The second kappa shape index (κ2) is 7.66. The Balaban J connectivity index is 1.85. The van der Waals surface area contributed by atoms with E-state index in [-0.39, 0.29) is 16.5 Å². The molecule has 144 valence electrons. The van der Waals surface area contributed by atoms with Crippen LogP contribution in [-0.2, 0) is 7.05 Å². The van der Waals surface area contributed by atoms with Gasteiger partial charge in [-0.15, -0.1) is 0 Å². The number of nitrogens with zero attached hydrogens (tertiary/aromatic N) is 3. The van der Waals surface area contributed by atoms with E-state index < -0.39 is 0 Å². The number of benzene rings is 1. The van der Waals surface area contributed by atoms with E-state index in [2.05, 4.69) is 15.3 Å². The maximum Gasteiger partial charge on any atom is 0.258 e. The number of amides is 1. The molecule has 0 atom stereocenters.